The molecule has 0 aliphatic carbocycles. The number of primary amides is 2. The predicted molar refractivity (Wildman–Crippen MR) is 319 cm³/mol. The molecule has 13 N–H and O–H groups in total. The van der Waals surface area contributed by atoms with Gasteiger partial charge in [0.15, 0.2) is 45.5 Å². The van der Waals surface area contributed by atoms with Gasteiger partial charge < -0.3 is 77.4 Å². The standard InChI is InChI=1S/C21H25N9O4.C16H16ClN7O2.C7H7NO2.C5H10N2O2.C4H9NO.ClH/c1-21(33)9-30(10-21)20(32)25-15-8-14(16(27-26-15)19(31)22-2)24-13-7-5-6-12(17(13)34-4)18-23-11-29(3)28-18;1-18-16(25)13-11(7-12(17)21-22-13)20-10-6-4-5-9(14(10)26-3)15-19-8-24(2)23-15;8-7(9)10-6-4-2-1-3-5-6;1-5(9)2-7(3-5)4(6)8;1-4(6)2-5-3-4;/h5-8,11,33H,9-10H2,1-4H3,(H,22,31)(H2,24,25,26,32);4-8H,1-3H3,(H,18,25)(H,20,21);1-5H,(H2,8,9);9H,2-3H2,1H3,(H2,6,8);5-6H,2-3H2,1H3;1H. The lowest BCUT2D eigenvalue weighted by atomic mass is 9.98. The van der Waals surface area contributed by atoms with E-state index in [2.05, 4.69) is 77.2 Å². The number of nitrogens with two attached hydrogens (primary N) is 2. The van der Waals surface area contributed by atoms with Gasteiger partial charge in [-0.05, 0) is 57.2 Å². The van der Waals surface area contributed by atoms with Crippen molar-refractivity contribution in [1.29, 1.82) is 0 Å². The molecule has 7 aromatic rings. The van der Waals surface area contributed by atoms with Crippen LogP contribution in [0.25, 0.3) is 22.8 Å². The van der Waals surface area contributed by atoms with Crippen molar-refractivity contribution in [2.24, 2.45) is 25.6 Å². The fourth-order valence-corrected chi connectivity index (χ4v) is 8.14. The summed E-state index contributed by atoms with van der Waals surface area (Å²) in [5.41, 5.74) is 11.0. The van der Waals surface area contributed by atoms with Gasteiger partial charge in [0.25, 0.3) is 11.8 Å². The van der Waals surface area contributed by atoms with E-state index in [1.54, 1.807) is 99.5 Å². The zero-order valence-corrected chi connectivity index (χ0v) is 49.9. The summed E-state index contributed by atoms with van der Waals surface area (Å²) in [7, 11) is 9.60. The number of amides is 7. The Morgan fingerprint density at radius 3 is 1.45 bits per heavy atom. The molecule has 86 heavy (non-hydrogen) atoms. The number of aromatic nitrogens is 10. The highest BCUT2D eigenvalue weighted by atomic mass is 35.5. The summed E-state index contributed by atoms with van der Waals surface area (Å²) >= 11 is 5.94. The number of aryl methyl sites for hydroxylation is 2. The molecule has 0 unspecified atom stereocenters. The number of rotatable bonds is 12. The van der Waals surface area contributed by atoms with E-state index in [1.165, 1.54) is 43.1 Å². The smallest absolute Gasteiger partial charge is 0.409 e. The SMILES string of the molecule is CC1(O)CN(C(N)=O)C1.CC1(O)CNC1.CNC(=O)c1nnc(Cl)cc1Nc1cccc(-c2ncn(C)n2)c1OC.CNC(=O)c1nnc(NC(=O)N2CC(C)(O)C2)cc1Nc1cccc(-c2ncn(C)n2)c1OC.Cl.NC(=O)Oc1ccccc1. The lowest BCUT2D eigenvalue weighted by Gasteiger charge is -2.43. The maximum Gasteiger partial charge on any atom is 0.409 e. The normalized spacial score (nSPS) is 14.2. The molecule has 460 valence electrons. The van der Waals surface area contributed by atoms with Crippen LogP contribution in [0.3, 0.4) is 0 Å². The fraction of sp³-hybridized carbons (Fsp3) is 0.340. The Bertz CT molecular complexity index is 3460. The largest absolute Gasteiger partial charge is 0.494 e. The van der Waals surface area contributed by atoms with E-state index in [1.807, 2.05) is 31.2 Å². The summed E-state index contributed by atoms with van der Waals surface area (Å²) < 4.78 is 18.9. The lowest BCUT2D eigenvalue weighted by Crippen LogP contribution is -2.63. The van der Waals surface area contributed by atoms with Crippen LogP contribution >= 0.6 is 24.0 Å². The second kappa shape index (κ2) is 29.8. The highest BCUT2D eigenvalue weighted by Gasteiger charge is 2.40. The van der Waals surface area contributed by atoms with E-state index in [0.29, 0.717) is 75.9 Å². The van der Waals surface area contributed by atoms with Crippen LogP contribution in [0.5, 0.6) is 17.2 Å². The Morgan fingerprint density at radius 2 is 1.08 bits per heavy atom. The minimum absolute atomic E-state index is 0. The highest BCUT2D eigenvalue weighted by molar-refractivity contribution is 6.29. The molecule has 0 saturated carbocycles. The number of nitrogens with one attached hydrogen (secondary N) is 6. The van der Waals surface area contributed by atoms with Gasteiger partial charge in [-0.1, -0.05) is 41.9 Å². The maximum absolute atomic E-state index is 12.4. The Kier molecular flexibility index (Phi) is 23.3. The average molecular weight is 1230 g/mol. The predicted octanol–water partition coefficient (Wildman–Crippen LogP) is 3.06. The molecule has 0 bridgehead atoms. The molecule has 3 fully saturated rings. The molecule has 33 heteroatoms. The number of likely N-dealkylation sites (tertiary alicyclic amines) is 2. The van der Waals surface area contributed by atoms with Gasteiger partial charge in [-0.25, -0.2) is 24.4 Å². The summed E-state index contributed by atoms with van der Waals surface area (Å²) in [5, 5.41) is 69.0. The van der Waals surface area contributed by atoms with Crippen molar-refractivity contribution in [3.8, 4) is 40.0 Å². The van der Waals surface area contributed by atoms with Gasteiger partial charge in [0.1, 0.15) is 18.4 Å². The molecule has 3 aliphatic rings. The molecule has 10 rings (SSSR count). The van der Waals surface area contributed by atoms with Gasteiger partial charge in [-0.2, -0.15) is 10.2 Å². The van der Waals surface area contributed by atoms with Gasteiger partial charge in [-0.15, -0.1) is 32.8 Å². The number of para-hydroxylation sites is 3. The number of benzene rings is 3. The molecule has 7 amide bonds. The summed E-state index contributed by atoms with van der Waals surface area (Å²) in [4.78, 5) is 68.7. The van der Waals surface area contributed by atoms with Crippen molar-refractivity contribution in [3.63, 3.8) is 0 Å². The first-order valence-corrected chi connectivity index (χ1v) is 26.1. The summed E-state index contributed by atoms with van der Waals surface area (Å²) in [5.74, 6) is 1.72. The molecular weight excluding hydrogens is 1160 g/mol. The first kappa shape index (κ1) is 67.3. The molecule has 4 aromatic heterocycles. The third-order valence-corrected chi connectivity index (χ3v) is 12.2. The van der Waals surface area contributed by atoms with Gasteiger partial charge in [-0.3, -0.25) is 24.3 Å². The minimum atomic E-state index is -0.900. The first-order valence-electron chi connectivity index (χ1n) is 25.7. The van der Waals surface area contributed by atoms with Crippen molar-refractivity contribution in [2.75, 3.05) is 83.5 Å². The number of aliphatic hydroxyl groups is 3. The number of β-amino-alcohol motifs (C(OH)–C–C–N with tert-alkyl or cyclic N) is 3. The zero-order valence-electron chi connectivity index (χ0n) is 48.3. The number of anilines is 5. The van der Waals surface area contributed by atoms with Gasteiger partial charge in [0.2, 0.25) is 0 Å². The third-order valence-electron chi connectivity index (χ3n) is 12.0. The quantitative estimate of drug-likeness (QED) is 0.0837. The monoisotopic (exact) mass is 1230 g/mol. The molecule has 31 nitrogen and oxygen atoms in total. The number of urea groups is 2. The number of carbonyl (C=O) groups excluding carboxylic acids is 5. The van der Waals surface area contributed by atoms with Gasteiger partial charge in [0, 0.05) is 53.4 Å². The highest BCUT2D eigenvalue weighted by Crippen LogP contribution is 2.39. The molecule has 0 spiro atoms. The number of halogens is 2. The van der Waals surface area contributed by atoms with Crippen molar-refractivity contribution in [1.82, 2.24) is 75.7 Å². The van der Waals surface area contributed by atoms with E-state index in [0.717, 1.165) is 13.1 Å². The maximum atomic E-state index is 12.4. The fourth-order valence-electron chi connectivity index (χ4n) is 7.99. The molecule has 3 saturated heterocycles. The lowest BCUT2D eigenvalue weighted by molar-refractivity contribution is -0.0590. The Balaban J connectivity index is 0.000000225. The Morgan fingerprint density at radius 1 is 0.628 bits per heavy atom. The second-order valence-corrected chi connectivity index (χ2v) is 20.3. The molecule has 7 heterocycles. The number of methoxy groups -OCH3 is 2. The molecule has 0 atom stereocenters. The van der Waals surface area contributed by atoms with Crippen LogP contribution in [-0.4, -0.2) is 189 Å². The number of nitrogens with zero attached hydrogens (tertiary/aromatic N) is 12. The van der Waals surface area contributed by atoms with E-state index in [-0.39, 0.29) is 53.5 Å². The number of carbonyl (C=O) groups is 5. The number of ether oxygens (including phenoxy) is 3. The van der Waals surface area contributed by atoms with Crippen molar-refractivity contribution >= 4 is 82.5 Å². The van der Waals surface area contributed by atoms with Crippen molar-refractivity contribution < 1.29 is 53.5 Å². The second-order valence-electron chi connectivity index (χ2n) is 19.9. The molecular formula is C53H68Cl2N20O11. The van der Waals surface area contributed by atoms with Gasteiger partial charge >= 0.3 is 18.2 Å². The number of hydrogen-bond donors (Lipinski definition) is 11. The van der Waals surface area contributed by atoms with Crippen LogP contribution in [-0.2, 0) is 14.1 Å². The van der Waals surface area contributed by atoms with Crippen molar-refractivity contribution in [2.45, 2.75) is 37.6 Å². The average Bonchev–Trinajstić information content (AvgIpc) is 1.80. The summed E-state index contributed by atoms with van der Waals surface area (Å²) in [6.07, 6.45) is 2.40. The minimum Gasteiger partial charge on any atom is -0.494 e. The zero-order chi connectivity index (χ0) is 62.2. The summed E-state index contributed by atoms with van der Waals surface area (Å²) in [6, 6.07) is 21.6. The number of hydrogen-bond acceptors (Lipinski definition) is 22. The van der Waals surface area contributed by atoms with Crippen LogP contribution in [0.1, 0.15) is 41.7 Å². The van der Waals surface area contributed by atoms with Crippen LogP contribution in [0.4, 0.5) is 43.0 Å². The first-order chi connectivity index (χ1) is 40.2. The molecule has 3 aliphatic heterocycles. The van der Waals surface area contributed by atoms with Gasteiger partial charge in [0.05, 0.1) is 91.1 Å². The topological polar surface area (TPSA) is 417 Å². The Hall–Kier alpha value is -9.53. The molecule has 0 radical (unpaired) electrons. The molecule has 3 aromatic carbocycles. The van der Waals surface area contributed by atoms with Crippen molar-refractivity contribution in [3.05, 3.63) is 108 Å². The van der Waals surface area contributed by atoms with Crippen LogP contribution in [0, 0.1) is 0 Å². The third kappa shape index (κ3) is 18.7. The van der Waals surface area contributed by atoms with E-state index in [9.17, 15) is 29.1 Å². The Labute approximate surface area is 504 Å². The van der Waals surface area contributed by atoms with E-state index >= 15 is 0 Å². The van der Waals surface area contributed by atoms with E-state index in [4.69, 9.17) is 42.8 Å². The van der Waals surface area contributed by atoms with Crippen LogP contribution in [0.15, 0.2) is 91.5 Å². The van der Waals surface area contributed by atoms with E-state index < -0.39 is 41.2 Å². The van der Waals surface area contributed by atoms with Crippen LogP contribution < -0.4 is 57.6 Å². The van der Waals surface area contributed by atoms with Crippen LogP contribution in [0.2, 0.25) is 5.15 Å². The summed E-state index contributed by atoms with van der Waals surface area (Å²) in [6.45, 7) is 7.80.